The molecule has 0 atom stereocenters. The van der Waals surface area contributed by atoms with Crippen LogP contribution in [-0.4, -0.2) is 30.4 Å². The second-order valence-corrected chi connectivity index (χ2v) is 6.02. The number of nitrogens with one attached hydrogen (secondary N) is 1. The van der Waals surface area contributed by atoms with E-state index in [4.69, 9.17) is 11.6 Å². The van der Waals surface area contributed by atoms with E-state index in [1.54, 1.807) is 0 Å². The highest BCUT2D eigenvalue weighted by atomic mass is 35.5. The molecule has 3 nitrogen and oxygen atoms in total. The highest BCUT2D eigenvalue weighted by Crippen LogP contribution is 2.29. The summed E-state index contributed by atoms with van der Waals surface area (Å²) in [6.45, 7) is 5.27. The van der Waals surface area contributed by atoms with Crippen LogP contribution in [0.15, 0.2) is 24.3 Å². The Balaban J connectivity index is 1.75. The number of carbonyl (C=O) groups is 1. The lowest BCUT2D eigenvalue weighted by Gasteiger charge is -2.20. The third kappa shape index (κ3) is 5.51. The van der Waals surface area contributed by atoms with Gasteiger partial charge >= 0.3 is 0 Å². The van der Waals surface area contributed by atoms with E-state index in [0.717, 1.165) is 31.0 Å². The van der Waals surface area contributed by atoms with Gasteiger partial charge in [-0.3, -0.25) is 9.69 Å². The Morgan fingerprint density at radius 3 is 2.90 bits per heavy atom. The summed E-state index contributed by atoms with van der Waals surface area (Å²) in [6, 6.07) is 7.60. The number of amides is 1. The first-order valence-corrected chi connectivity index (χ1v) is 7.78. The summed E-state index contributed by atoms with van der Waals surface area (Å²) in [6.07, 6.45) is 3.74. The number of rotatable bonds is 8. The molecule has 1 amide bonds. The van der Waals surface area contributed by atoms with Crippen molar-refractivity contribution in [1.29, 1.82) is 0 Å². The minimum Gasteiger partial charge on any atom is -0.351 e. The molecule has 110 valence electrons. The van der Waals surface area contributed by atoms with E-state index >= 15 is 0 Å². The fraction of sp³-hybridized carbons (Fsp3) is 0.562. The maximum absolute atomic E-state index is 12.0. The van der Waals surface area contributed by atoms with E-state index in [-0.39, 0.29) is 5.91 Å². The van der Waals surface area contributed by atoms with Crippen LogP contribution >= 0.6 is 11.6 Å². The Morgan fingerprint density at radius 1 is 1.45 bits per heavy atom. The molecule has 20 heavy (non-hydrogen) atoms. The van der Waals surface area contributed by atoms with E-state index in [1.165, 1.54) is 12.8 Å². The number of hydrogen-bond donors (Lipinski definition) is 1. The SMILES string of the molecule is CCCN(CC(=O)NCc1cccc(Cl)c1)CC1CC1. The Morgan fingerprint density at radius 2 is 2.25 bits per heavy atom. The van der Waals surface area contributed by atoms with Crippen molar-refractivity contribution in [2.45, 2.75) is 32.7 Å². The van der Waals surface area contributed by atoms with Crippen molar-refractivity contribution in [3.63, 3.8) is 0 Å². The van der Waals surface area contributed by atoms with Gasteiger partial charge in [0, 0.05) is 18.1 Å². The lowest BCUT2D eigenvalue weighted by molar-refractivity contribution is -0.122. The van der Waals surface area contributed by atoms with Crippen molar-refractivity contribution in [2.75, 3.05) is 19.6 Å². The zero-order valence-corrected chi connectivity index (χ0v) is 12.8. The lowest BCUT2D eigenvalue weighted by atomic mass is 10.2. The summed E-state index contributed by atoms with van der Waals surface area (Å²) < 4.78 is 0. The van der Waals surface area contributed by atoms with Crippen molar-refractivity contribution >= 4 is 17.5 Å². The molecule has 0 heterocycles. The van der Waals surface area contributed by atoms with Crippen molar-refractivity contribution in [3.05, 3.63) is 34.9 Å². The van der Waals surface area contributed by atoms with Crippen LogP contribution in [0, 0.1) is 5.92 Å². The highest BCUT2D eigenvalue weighted by molar-refractivity contribution is 6.30. The maximum atomic E-state index is 12.0. The zero-order valence-electron chi connectivity index (χ0n) is 12.1. The minimum atomic E-state index is 0.0964. The van der Waals surface area contributed by atoms with Crippen LogP contribution in [0.2, 0.25) is 5.02 Å². The molecule has 1 N–H and O–H groups in total. The monoisotopic (exact) mass is 294 g/mol. The van der Waals surface area contributed by atoms with Crippen LogP contribution in [0.4, 0.5) is 0 Å². The zero-order chi connectivity index (χ0) is 14.4. The first kappa shape index (κ1) is 15.3. The van der Waals surface area contributed by atoms with Gasteiger partial charge in [0.1, 0.15) is 0 Å². The van der Waals surface area contributed by atoms with Gasteiger partial charge < -0.3 is 5.32 Å². The van der Waals surface area contributed by atoms with Crippen LogP contribution in [0.25, 0.3) is 0 Å². The highest BCUT2D eigenvalue weighted by Gasteiger charge is 2.24. The summed E-state index contributed by atoms with van der Waals surface area (Å²) in [5.74, 6) is 0.918. The van der Waals surface area contributed by atoms with Crippen LogP contribution < -0.4 is 5.32 Å². The van der Waals surface area contributed by atoms with Gasteiger partial charge in [-0.05, 0) is 49.4 Å². The number of benzene rings is 1. The second kappa shape index (κ2) is 7.65. The Hall–Kier alpha value is -1.06. The second-order valence-electron chi connectivity index (χ2n) is 5.59. The fourth-order valence-electron chi connectivity index (χ4n) is 2.32. The maximum Gasteiger partial charge on any atom is 0.234 e. The molecule has 1 saturated carbocycles. The van der Waals surface area contributed by atoms with Gasteiger partial charge in [-0.1, -0.05) is 30.7 Å². The molecular formula is C16H23ClN2O. The van der Waals surface area contributed by atoms with Gasteiger partial charge in [0.25, 0.3) is 0 Å². The predicted octanol–water partition coefficient (Wildman–Crippen LogP) is 3.08. The molecule has 1 aliphatic rings. The molecule has 0 radical (unpaired) electrons. The number of halogens is 1. The molecule has 0 unspecified atom stereocenters. The number of carbonyl (C=O) groups excluding carboxylic acids is 1. The molecule has 0 aromatic heterocycles. The van der Waals surface area contributed by atoms with Crippen molar-refractivity contribution in [3.8, 4) is 0 Å². The van der Waals surface area contributed by atoms with Crippen molar-refractivity contribution in [1.82, 2.24) is 10.2 Å². The molecule has 2 rings (SSSR count). The molecule has 1 aromatic carbocycles. The predicted molar refractivity (Wildman–Crippen MR) is 82.8 cm³/mol. The molecular weight excluding hydrogens is 272 g/mol. The third-order valence-electron chi connectivity index (χ3n) is 3.50. The molecule has 0 spiro atoms. The van der Waals surface area contributed by atoms with Crippen LogP contribution in [-0.2, 0) is 11.3 Å². The Labute approximate surface area is 126 Å². The quantitative estimate of drug-likeness (QED) is 0.799. The molecule has 1 aromatic rings. The van der Waals surface area contributed by atoms with Gasteiger partial charge in [-0.15, -0.1) is 0 Å². The van der Waals surface area contributed by atoms with Gasteiger partial charge in [0.05, 0.1) is 6.54 Å². The molecule has 1 fully saturated rings. The van der Waals surface area contributed by atoms with E-state index in [9.17, 15) is 4.79 Å². The van der Waals surface area contributed by atoms with E-state index in [0.29, 0.717) is 18.1 Å². The normalized spacial score (nSPS) is 14.6. The fourth-order valence-corrected chi connectivity index (χ4v) is 2.54. The van der Waals surface area contributed by atoms with Crippen LogP contribution in [0.3, 0.4) is 0 Å². The average Bonchev–Trinajstić information content (AvgIpc) is 3.21. The van der Waals surface area contributed by atoms with Crippen molar-refractivity contribution in [2.24, 2.45) is 5.92 Å². The molecule has 0 saturated heterocycles. The lowest BCUT2D eigenvalue weighted by Crippen LogP contribution is -2.38. The first-order valence-electron chi connectivity index (χ1n) is 7.41. The minimum absolute atomic E-state index is 0.0964. The van der Waals surface area contributed by atoms with Gasteiger partial charge in [0.15, 0.2) is 0 Å². The number of nitrogens with zero attached hydrogens (tertiary/aromatic N) is 1. The standard InChI is InChI=1S/C16H23ClN2O/c1-2-8-19(11-13-6-7-13)12-16(20)18-10-14-4-3-5-15(17)9-14/h3-5,9,13H,2,6-8,10-12H2,1H3,(H,18,20). The van der Waals surface area contributed by atoms with Crippen LogP contribution in [0.1, 0.15) is 31.7 Å². The van der Waals surface area contributed by atoms with Gasteiger partial charge in [-0.2, -0.15) is 0 Å². The molecule has 0 aliphatic heterocycles. The average molecular weight is 295 g/mol. The largest absolute Gasteiger partial charge is 0.351 e. The molecule has 0 bridgehead atoms. The van der Waals surface area contributed by atoms with E-state index in [1.807, 2.05) is 24.3 Å². The molecule has 4 heteroatoms. The summed E-state index contributed by atoms with van der Waals surface area (Å²) in [5, 5.41) is 3.68. The smallest absolute Gasteiger partial charge is 0.234 e. The van der Waals surface area contributed by atoms with Crippen molar-refractivity contribution < 1.29 is 4.79 Å². The first-order chi connectivity index (χ1) is 9.67. The summed E-state index contributed by atoms with van der Waals surface area (Å²) in [7, 11) is 0. The Kier molecular flexibility index (Phi) is 5.86. The van der Waals surface area contributed by atoms with E-state index in [2.05, 4.69) is 17.1 Å². The topological polar surface area (TPSA) is 32.3 Å². The van der Waals surface area contributed by atoms with Gasteiger partial charge in [0.2, 0.25) is 5.91 Å². The summed E-state index contributed by atoms with van der Waals surface area (Å²) >= 11 is 5.93. The number of hydrogen-bond acceptors (Lipinski definition) is 2. The molecule has 1 aliphatic carbocycles. The van der Waals surface area contributed by atoms with Gasteiger partial charge in [-0.25, -0.2) is 0 Å². The Bertz CT molecular complexity index is 446. The summed E-state index contributed by atoms with van der Waals surface area (Å²) in [4.78, 5) is 14.3. The van der Waals surface area contributed by atoms with Crippen LogP contribution in [0.5, 0.6) is 0 Å². The third-order valence-corrected chi connectivity index (χ3v) is 3.73. The van der Waals surface area contributed by atoms with E-state index < -0.39 is 0 Å². The summed E-state index contributed by atoms with van der Waals surface area (Å²) in [5.41, 5.74) is 1.04.